The average Bonchev–Trinajstić information content (AvgIpc) is 2.38. The van der Waals surface area contributed by atoms with Crippen LogP contribution in [0.5, 0.6) is 0 Å². The maximum atomic E-state index is 9.77. The van der Waals surface area contributed by atoms with Gasteiger partial charge in [-0.1, -0.05) is 77.4 Å². The van der Waals surface area contributed by atoms with Crippen LogP contribution in [-0.2, 0) is 0 Å². The summed E-state index contributed by atoms with van der Waals surface area (Å²) in [6, 6.07) is 0. The molecule has 0 amide bonds. The Balaban J connectivity index is 3.23. The summed E-state index contributed by atoms with van der Waals surface area (Å²) in [5.41, 5.74) is 0. The van der Waals surface area contributed by atoms with Crippen LogP contribution in [0.2, 0.25) is 0 Å². The van der Waals surface area contributed by atoms with Crippen molar-refractivity contribution in [2.24, 2.45) is 0 Å². The molecule has 0 aliphatic heterocycles. The van der Waals surface area contributed by atoms with Crippen molar-refractivity contribution < 1.29 is 5.11 Å². The van der Waals surface area contributed by atoms with Crippen LogP contribution < -0.4 is 0 Å². The molecule has 0 aromatic carbocycles. The molecular weight excluding hydrogens is 220 g/mol. The minimum atomic E-state index is -0.113. The number of aliphatic hydroxyl groups excluding tert-OH is 1. The summed E-state index contributed by atoms with van der Waals surface area (Å²) in [6.07, 6.45) is 19.1. The summed E-state index contributed by atoms with van der Waals surface area (Å²) in [4.78, 5) is 0. The molecule has 1 unspecified atom stereocenters. The molecule has 0 bridgehead atoms. The lowest BCUT2D eigenvalue weighted by molar-refractivity contribution is 0.163. The Labute approximate surface area is 115 Å². The third-order valence-corrected chi connectivity index (χ3v) is 3.44. The second-order valence-corrected chi connectivity index (χ2v) is 5.41. The van der Waals surface area contributed by atoms with Crippen molar-refractivity contribution in [1.29, 1.82) is 0 Å². The standard InChI is InChI=1S/C17H34O/c1-3-5-7-9-10-11-12-14-16-17(18)15-13-8-6-4-2/h12,14,17-18H,3-11,13,15-16H2,1-2H3/b14-12+. The van der Waals surface area contributed by atoms with Crippen molar-refractivity contribution in [3.05, 3.63) is 12.2 Å². The Morgan fingerprint density at radius 1 is 0.778 bits per heavy atom. The Kier molecular flexibility index (Phi) is 14.5. The highest BCUT2D eigenvalue weighted by Gasteiger charge is 2.00. The van der Waals surface area contributed by atoms with Gasteiger partial charge in [-0.3, -0.25) is 0 Å². The van der Waals surface area contributed by atoms with Gasteiger partial charge in [0, 0.05) is 0 Å². The SMILES string of the molecule is CCCCCCC/C=C/CC(O)CCCCCC. The van der Waals surface area contributed by atoms with Crippen LogP contribution in [0, 0.1) is 0 Å². The lowest BCUT2D eigenvalue weighted by Gasteiger charge is -2.06. The highest BCUT2D eigenvalue weighted by atomic mass is 16.3. The molecule has 0 saturated carbocycles. The number of aliphatic hydroxyl groups is 1. The van der Waals surface area contributed by atoms with Crippen LogP contribution in [0.4, 0.5) is 0 Å². The fraction of sp³-hybridized carbons (Fsp3) is 0.882. The maximum absolute atomic E-state index is 9.77. The summed E-state index contributed by atoms with van der Waals surface area (Å²) in [7, 11) is 0. The van der Waals surface area contributed by atoms with Crippen LogP contribution in [0.3, 0.4) is 0 Å². The van der Waals surface area contributed by atoms with Crippen LogP contribution in [-0.4, -0.2) is 11.2 Å². The van der Waals surface area contributed by atoms with Gasteiger partial charge < -0.3 is 5.11 Å². The van der Waals surface area contributed by atoms with E-state index in [2.05, 4.69) is 26.0 Å². The first-order chi connectivity index (χ1) is 8.81. The summed E-state index contributed by atoms with van der Waals surface area (Å²) < 4.78 is 0. The lowest BCUT2D eigenvalue weighted by Crippen LogP contribution is -2.04. The molecular formula is C17H34O. The van der Waals surface area contributed by atoms with E-state index in [-0.39, 0.29) is 6.10 Å². The molecule has 1 N–H and O–H groups in total. The van der Waals surface area contributed by atoms with Crippen molar-refractivity contribution in [3.63, 3.8) is 0 Å². The van der Waals surface area contributed by atoms with Gasteiger partial charge in [-0.05, 0) is 25.7 Å². The van der Waals surface area contributed by atoms with E-state index < -0.39 is 0 Å². The predicted octanol–water partition coefficient (Wildman–Crippen LogP) is 5.62. The first kappa shape index (κ1) is 17.7. The smallest absolute Gasteiger partial charge is 0.0574 e. The first-order valence-corrected chi connectivity index (χ1v) is 8.14. The molecule has 0 radical (unpaired) electrons. The molecule has 108 valence electrons. The number of unbranched alkanes of at least 4 members (excludes halogenated alkanes) is 8. The lowest BCUT2D eigenvalue weighted by atomic mass is 10.1. The molecule has 0 spiro atoms. The van der Waals surface area contributed by atoms with Crippen LogP contribution in [0.25, 0.3) is 0 Å². The minimum Gasteiger partial charge on any atom is -0.393 e. The van der Waals surface area contributed by atoms with E-state index in [1.54, 1.807) is 0 Å². The molecule has 0 aliphatic rings. The average molecular weight is 254 g/mol. The third-order valence-electron chi connectivity index (χ3n) is 3.44. The minimum absolute atomic E-state index is 0.113. The van der Waals surface area contributed by atoms with Gasteiger partial charge in [-0.15, -0.1) is 0 Å². The van der Waals surface area contributed by atoms with Crippen LogP contribution in [0.15, 0.2) is 12.2 Å². The van der Waals surface area contributed by atoms with Gasteiger partial charge in [0.05, 0.1) is 6.10 Å². The fourth-order valence-corrected chi connectivity index (χ4v) is 2.16. The van der Waals surface area contributed by atoms with E-state index in [0.717, 1.165) is 12.8 Å². The molecule has 0 fully saturated rings. The summed E-state index contributed by atoms with van der Waals surface area (Å²) in [5.74, 6) is 0. The zero-order chi connectivity index (χ0) is 13.5. The maximum Gasteiger partial charge on any atom is 0.0574 e. The van der Waals surface area contributed by atoms with E-state index in [1.807, 2.05) is 0 Å². The van der Waals surface area contributed by atoms with Crippen molar-refractivity contribution in [2.45, 2.75) is 97.0 Å². The van der Waals surface area contributed by atoms with Crippen molar-refractivity contribution in [1.82, 2.24) is 0 Å². The summed E-state index contributed by atoms with van der Waals surface area (Å²) >= 11 is 0. The normalized spacial score (nSPS) is 13.3. The van der Waals surface area contributed by atoms with E-state index in [9.17, 15) is 5.11 Å². The van der Waals surface area contributed by atoms with E-state index in [0.29, 0.717) is 0 Å². The second kappa shape index (κ2) is 14.8. The molecule has 0 aliphatic carbocycles. The molecule has 1 nitrogen and oxygen atoms in total. The third kappa shape index (κ3) is 13.8. The van der Waals surface area contributed by atoms with Gasteiger partial charge in [0.15, 0.2) is 0 Å². The van der Waals surface area contributed by atoms with Crippen molar-refractivity contribution in [2.75, 3.05) is 0 Å². The quantitative estimate of drug-likeness (QED) is 0.334. The van der Waals surface area contributed by atoms with E-state index in [1.165, 1.54) is 64.2 Å². The van der Waals surface area contributed by atoms with Crippen molar-refractivity contribution >= 4 is 0 Å². The van der Waals surface area contributed by atoms with Crippen LogP contribution >= 0.6 is 0 Å². The highest BCUT2D eigenvalue weighted by Crippen LogP contribution is 2.09. The van der Waals surface area contributed by atoms with Crippen LogP contribution in [0.1, 0.15) is 90.9 Å². The number of rotatable bonds is 13. The Morgan fingerprint density at radius 3 is 2.06 bits per heavy atom. The topological polar surface area (TPSA) is 20.2 Å². The van der Waals surface area contributed by atoms with Gasteiger partial charge in [0.25, 0.3) is 0 Å². The molecule has 0 saturated heterocycles. The van der Waals surface area contributed by atoms with Gasteiger partial charge >= 0.3 is 0 Å². The van der Waals surface area contributed by atoms with E-state index in [4.69, 9.17) is 0 Å². The predicted molar refractivity (Wildman–Crippen MR) is 81.9 cm³/mol. The molecule has 0 aromatic rings. The Bertz CT molecular complexity index is 174. The van der Waals surface area contributed by atoms with E-state index >= 15 is 0 Å². The second-order valence-electron chi connectivity index (χ2n) is 5.41. The molecule has 1 atom stereocenters. The van der Waals surface area contributed by atoms with Gasteiger partial charge in [0.1, 0.15) is 0 Å². The zero-order valence-electron chi connectivity index (χ0n) is 12.7. The number of allylic oxidation sites excluding steroid dienone is 1. The number of hydrogen-bond acceptors (Lipinski definition) is 1. The molecule has 0 heterocycles. The monoisotopic (exact) mass is 254 g/mol. The van der Waals surface area contributed by atoms with Gasteiger partial charge in [0.2, 0.25) is 0 Å². The zero-order valence-corrected chi connectivity index (χ0v) is 12.7. The number of hydrogen-bond donors (Lipinski definition) is 1. The first-order valence-electron chi connectivity index (χ1n) is 8.14. The summed E-state index contributed by atoms with van der Waals surface area (Å²) in [6.45, 7) is 4.47. The molecule has 0 rings (SSSR count). The largest absolute Gasteiger partial charge is 0.393 e. The fourth-order valence-electron chi connectivity index (χ4n) is 2.16. The Hall–Kier alpha value is -0.300. The van der Waals surface area contributed by atoms with Gasteiger partial charge in [-0.2, -0.15) is 0 Å². The summed E-state index contributed by atoms with van der Waals surface area (Å²) in [5, 5.41) is 9.77. The Morgan fingerprint density at radius 2 is 1.39 bits per heavy atom. The van der Waals surface area contributed by atoms with Crippen molar-refractivity contribution in [3.8, 4) is 0 Å². The van der Waals surface area contributed by atoms with Gasteiger partial charge in [-0.25, -0.2) is 0 Å². The molecule has 1 heteroatoms. The highest BCUT2D eigenvalue weighted by molar-refractivity contribution is 4.83. The molecule has 18 heavy (non-hydrogen) atoms. The molecule has 0 aromatic heterocycles.